The Morgan fingerprint density at radius 3 is 2.35 bits per heavy atom. The van der Waals surface area contributed by atoms with Crippen LogP contribution in [0.1, 0.15) is 12.8 Å². The molecular weight excluding hydrogens is 449 g/mol. The topological polar surface area (TPSA) is 123 Å². The van der Waals surface area contributed by atoms with Crippen molar-refractivity contribution < 1.29 is 9.53 Å². The molecule has 2 saturated heterocycles. The first-order valence-corrected chi connectivity index (χ1v) is 8.55. The lowest BCUT2D eigenvalue weighted by atomic mass is 9.79. The van der Waals surface area contributed by atoms with Crippen LogP contribution in [0.3, 0.4) is 0 Å². The summed E-state index contributed by atoms with van der Waals surface area (Å²) >= 11 is 0. The molecule has 0 aromatic carbocycles. The number of rotatable bonds is 4. The van der Waals surface area contributed by atoms with Gasteiger partial charge in [0, 0.05) is 51.8 Å². The zero-order valence-electron chi connectivity index (χ0n) is 14.7. The zero-order chi connectivity index (χ0) is 17.7. The van der Waals surface area contributed by atoms with E-state index in [0.29, 0.717) is 38.6 Å². The van der Waals surface area contributed by atoms with Gasteiger partial charge in [0.05, 0.1) is 12.0 Å². The van der Waals surface area contributed by atoms with E-state index in [9.17, 15) is 4.79 Å². The predicted octanol–water partition coefficient (Wildman–Crippen LogP) is -0.187. The molecule has 0 atom stereocenters. The summed E-state index contributed by atoms with van der Waals surface area (Å²) in [6.45, 7) is 4.41. The van der Waals surface area contributed by atoms with Crippen molar-refractivity contribution in [3.05, 3.63) is 18.5 Å². The van der Waals surface area contributed by atoms with Crippen LogP contribution in [0.25, 0.3) is 0 Å². The number of guanidine groups is 1. The molecule has 0 aliphatic carbocycles. The maximum absolute atomic E-state index is 11.9. The number of aromatic nitrogens is 2. The van der Waals surface area contributed by atoms with Crippen LogP contribution < -0.4 is 16.4 Å². The standard InChI is InChI=1S/C16H25N7O2.HI/c17-13(24)16(2-10-25-11-3-16)12-21-14(18)22-6-8-23(9-7-22)15-19-4-1-5-20-15;/h1,4-5H,2-3,6-12H2,(H2,17,24)(H2,18,21);1H. The number of carbonyl (C=O) groups is 1. The van der Waals surface area contributed by atoms with Gasteiger partial charge in [0.15, 0.2) is 5.96 Å². The highest BCUT2D eigenvalue weighted by Crippen LogP contribution is 2.30. The van der Waals surface area contributed by atoms with Gasteiger partial charge in [-0.2, -0.15) is 0 Å². The molecule has 4 N–H and O–H groups in total. The summed E-state index contributed by atoms with van der Waals surface area (Å²) in [5.41, 5.74) is 11.1. The number of aliphatic imine (C=N–C) groups is 1. The molecule has 3 heterocycles. The number of anilines is 1. The van der Waals surface area contributed by atoms with Crippen molar-refractivity contribution in [1.29, 1.82) is 0 Å². The molecule has 2 aliphatic rings. The molecule has 26 heavy (non-hydrogen) atoms. The normalized spacial score (nSPS) is 20.4. The molecule has 0 unspecified atom stereocenters. The summed E-state index contributed by atoms with van der Waals surface area (Å²) in [6.07, 6.45) is 4.67. The zero-order valence-corrected chi connectivity index (χ0v) is 17.0. The molecule has 0 radical (unpaired) electrons. The number of amides is 1. The van der Waals surface area contributed by atoms with Gasteiger partial charge in [-0.25, -0.2) is 9.97 Å². The molecule has 2 aliphatic heterocycles. The minimum atomic E-state index is -0.636. The number of piperazine rings is 1. The van der Waals surface area contributed by atoms with Crippen LogP contribution in [0.4, 0.5) is 5.95 Å². The third kappa shape index (κ3) is 4.72. The van der Waals surface area contributed by atoms with E-state index in [-0.39, 0.29) is 29.9 Å². The third-order valence-corrected chi connectivity index (χ3v) is 4.95. The van der Waals surface area contributed by atoms with Crippen molar-refractivity contribution in [2.75, 3.05) is 50.8 Å². The average molecular weight is 475 g/mol. The van der Waals surface area contributed by atoms with Crippen LogP contribution in [-0.4, -0.2) is 72.7 Å². The number of ether oxygens (including phenoxy) is 1. The molecule has 1 aromatic heterocycles. The van der Waals surface area contributed by atoms with Crippen molar-refractivity contribution in [1.82, 2.24) is 14.9 Å². The maximum Gasteiger partial charge on any atom is 0.225 e. The second-order valence-corrected chi connectivity index (χ2v) is 6.45. The van der Waals surface area contributed by atoms with Crippen molar-refractivity contribution in [3.8, 4) is 0 Å². The molecule has 0 spiro atoms. The molecule has 10 heteroatoms. The summed E-state index contributed by atoms with van der Waals surface area (Å²) in [5, 5.41) is 0. The van der Waals surface area contributed by atoms with E-state index in [0.717, 1.165) is 32.1 Å². The van der Waals surface area contributed by atoms with Crippen molar-refractivity contribution in [3.63, 3.8) is 0 Å². The second kappa shape index (κ2) is 9.31. The van der Waals surface area contributed by atoms with E-state index in [2.05, 4.69) is 19.9 Å². The quantitative estimate of drug-likeness (QED) is 0.352. The van der Waals surface area contributed by atoms with Gasteiger partial charge >= 0.3 is 0 Å². The maximum atomic E-state index is 11.9. The lowest BCUT2D eigenvalue weighted by molar-refractivity contribution is -0.132. The van der Waals surface area contributed by atoms with Crippen LogP contribution in [-0.2, 0) is 9.53 Å². The summed E-state index contributed by atoms with van der Waals surface area (Å²) < 4.78 is 5.34. The minimum Gasteiger partial charge on any atom is -0.381 e. The number of hydrogen-bond donors (Lipinski definition) is 2. The Morgan fingerprint density at radius 2 is 1.77 bits per heavy atom. The number of hydrogen-bond acceptors (Lipinski definition) is 6. The number of primary amides is 1. The predicted molar refractivity (Wildman–Crippen MR) is 109 cm³/mol. The van der Waals surface area contributed by atoms with E-state index in [4.69, 9.17) is 16.2 Å². The van der Waals surface area contributed by atoms with Gasteiger partial charge in [-0.1, -0.05) is 0 Å². The van der Waals surface area contributed by atoms with E-state index in [1.807, 2.05) is 4.90 Å². The Morgan fingerprint density at radius 1 is 1.15 bits per heavy atom. The van der Waals surface area contributed by atoms with Gasteiger partial charge in [-0.3, -0.25) is 9.79 Å². The number of halogens is 1. The van der Waals surface area contributed by atoms with E-state index in [1.54, 1.807) is 18.5 Å². The van der Waals surface area contributed by atoms with E-state index < -0.39 is 5.41 Å². The molecular formula is C16H26IN7O2. The molecule has 9 nitrogen and oxygen atoms in total. The number of nitrogens with zero attached hydrogens (tertiary/aromatic N) is 5. The fraction of sp³-hybridized carbons (Fsp3) is 0.625. The Bertz CT molecular complexity index is 614. The van der Waals surface area contributed by atoms with Crippen LogP contribution in [0.15, 0.2) is 23.5 Å². The van der Waals surface area contributed by atoms with E-state index >= 15 is 0 Å². The second-order valence-electron chi connectivity index (χ2n) is 6.45. The Labute approximate surface area is 170 Å². The third-order valence-electron chi connectivity index (χ3n) is 4.95. The van der Waals surface area contributed by atoms with Crippen LogP contribution in [0, 0.1) is 5.41 Å². The Kier molecular flexibility index (Phi) is 7.38. The molecule has 144 valence electrons. The van der Waals surface area contributed by atoms with Gasteiger partial charge in [-0.05, 0) is 18.9 Å². The van der Waals surface area contributed by atoms with Gasteiger partial charge in [-0.15, -0.1) is 24.0 Å². The smallest absolute Gasteiger partial charge is 0.225 e. The fourth-order valence-electron chi connectivity index (χ4n) is 3.17. The highest BCUT2D eigenvalue weighted by molar-refractivity contribution is 14.0. The monoisotopic (exact) mass is 475 g/mol. The van der Waals surface area contributed by atoms with Crippen LogP contribution in [0.2, 0.25) is 0 Å². The highest BCUT2D eigenvalue weighted by atomic mass is 127. The Balaban J connectivity index is 0.00000243. The first kappa shape index (κ1) is 20.6. The molecule has 0 bridgehead atoms. The van der Waals surface area contributed by atoms with E-state index in [1.165, 1.54) is 0 Å². The molecule has 0 saturated carbocycles. The number of nitrogens with two attached hydrogens (primary N) is 2. The summed E-state index contributed by atoms with van der Waals surface area (Å²) in [7, 11) is 0. The molecule has 1 aromatic rings. The van der Waals surface area contributed by atoms with Crippen molar-refractivity contribution in [2.24, 2.45) is 21.9 Å². The minimum absolute atomic E-state index is 0. The lowest BCUT2D eigenvalue weighted by Gasteiger charge is -2.36. The molecule has 2 fully saturated rings. The van der Waals surface area contributed by atoms with Crippen molar-refractivity contribution in [2.45, 2.75) is 12.8 Å². The summed E-state index contributed by atoms with van der Waals surface area (Å²) in [6, 6.07) is 1.80. The van der Waals surface area contributed by atoms with Crippen molar-refractivity contribution >= 4 is 41.8 Å². The highest BCUT2D eigenvalue weighted by Gasteiger charge is 2.38. The SMILES string of the molecule is I.NC(=O)C1(CN=C(N)N2CCN(c3ncccn3)CC2)CCOCC1. The summed E-state index contributed by atoms with van der Waals surface area (Å²) in [5.74, 6) is 0.867. The Hall–Kier alpha value is -1.69. The molecule has 3 rings (SSSR count). The number of carbonyl (C=O) groups excluding carboxylic acids is 1. The lowest BCUT2D eigenvalue weighted by Crippen LogP contribution is -2.52. The van der Waals surface area contributed by atoms with Crippen LogP contribution in [0.5, 0.6) is 0 Å². The van der Waals surface area contributed by atoms with Gasteiger partial charge in [0.1, 0.15) is 0 Å². The first-order valence-electron chi connectivity index (χ1n) is 8.55. The van der Waals surface area contributed by atoms with Gasteiger partial charge in [0.25, 0.3) is 0 Å². The summed E-state index contributed by atoms with van der Waals surface area (Å²) in [4.78, 5) is 29.0. The first-order chi connectivity index (χ1) is 12.1. The largest absolute Gasteiger partial charge is 0.381 e. The van der Waals surface area contributed by atoms with Gasteiger partial charge in [0.2, 0.25) is 11.9 Å². The average Bonchev–Trinajstić information content (AvgIpc) is 2.67. The van der Waals surface area contributed by atoms with Crippen LogP contribution >= 0.6 is 24.0 Å². The molecule has 1 amide bonds. The van der Waals surface area contributed by atoms with Gasteiger partial charge < -0.3 is 26.0 Å². The fourth-order valence-corrected chi connectivity index (χ4v) is 3.17.